The summed E-state index contributed by atoms with van der Waals surface area (Å²) in [6.45, 7) is 14.9. The third kappa shape index (κ3) is 11.4. The Morgan fingerprint density at radius 1 is 1.02 bits per heavy atom. The molecule has 0 heterocycles. The molecule has 8 heteroatoms. The lowest BCUT2D eigenvalue weighted by atomic mass is 9.90. The Kier molecular flexibility index (Phi) is 14.7. The van der Waals surface area contributed by atoms with Crippen LogP contribution in [0.15, 0.2) is 53.5 Å². The van der Waals surface area contributed by atoms with E-state index in [-0.39, 0.29) is 33.8 Å². The summed E-state index contributed by atoms with van der Waals surface area (Å²) in [5, 5.41) is -0.00988. The van der Waals surface area contributed by atoms with E-state index in [1.165, 1.54) is 32.8 Å². The molecule has 1 saturated carbocycles. The third-order valence-corrected chi connectivity index (χ3v) is 14.7. The number of unbranched alkanes of at least 4 members (excludes halogenated alkanes) is 4. The van der Waals surface area contributed by atoms with E-state index in [2.05, 4.69) is 65.1 Å². The summed E-state index contributed by atoms with van der Waals surface area (Å²) in [4.78, 5) is 12.7. The average molecular weight is 621 g/mol. The van der Waals surface area contributed by atoms with Crippen molar-refractivity contribution in [1.82, 2.24) is 0 Å². The minimum absolute atomic E-state index is 0.00988. The van der Waals surface area contributed by atoms with Gasteiger partial charge in [-0.2, -0.15) is 8.42 Å². The van der Waals surface area contributed by atoms with Crippen LogP contribution >= 0.6 is 0 Å². The lowest BCUT2D eigenvalue weighted by molar-refractivity contribution is -0.149. The number of methoxy groups -OCH3 is 1. The standard InChI is InChI=1S/C34H56O6SSi/c1-9-10-11-12-13-15-18-28-23-26-31(39-41(36,37)29-24-21-27(2)22-25-29)30(28)19-16-14-17-20-32(33(35)38-6)40-42(7,8)34(3,4)5/h14-16,18,21-22,24-25,28,30-32H,9-13,17,19-20,23,26H2,1-8H3/t28-,30+,31?,32?/m0/s1. The normalized spacial score (nSPS) is 20.9. The van der Waals surface area contributed by atoms with Gasteiger partial charge in [-0.15, -0.1) is 0 Å². The number of aryl methyl sites for hydroxylation is 1. The van der Waals surface area contributed by atoms with Crippen molar-refractivity contribution in [3.8, 4) is 0 Å². The summed E-state index contributed by atoms with van der Waals surface area (Å²) in [6, 6.07) is 6.83. The van der Waals surface area contributed by atoms with Crippen molar-refractivity contribution in [1.29, 1.82) is 0 Å². The zero-order chi connectivity index (χ0) is 31.4. The van der Waals surface area contributed by atoms with Gasteiger partial charge in [0.05, 0.1) is 18.1 Å². The molecule has 1 fully saturated rings. The van der Waals surface area contributed by atoms with Crippen molar-refractivity contribution in [2.24, 2.45) is 11.8 Å². The lowest BCUT2D eigenvalue weighted by Gasteiger charge is -2.38. The molecule has 2 rings (SSSR count). The summed E-state index contributed by atoms with van der Waals surface area (Å²) >= 11 is 0. The maximum absolute atomic E-state index is 13.1. The Bertz CT molecular complexity index is 1120. The number of rotatable bonds is 17. The molecule has 238 valence electrons. The molecule has 0 N–H and O–H groups in total. The van der Waals surface area contributed by atoms with Gasteiger partial charge in [0.25, 0.3) is 10.1 Å². The van der Waals surface area contributed by atoms with Crippen LogP contribution in [0.25, 0.3) is 0 Å². The van der Waals surface area contributed by atoms with Gasteiger partial charge in [-0.25, -0.2) is 4.79 Å². The van der Waals surface area contributed by atoms with E-state index in [0.717, 1.165) is 18.4 Å². The quantitative estimate of drug-likeness (QED) is 0.0569. The minimum Gasteiger partial charge on any atom is -0.467 e. The molecule has 1 aliphatic carbocycles. The topological polar surface area (TPSA) is 78.9 Å². The Balaban J connectivity index is 2.10. The number of carbonyl (C=O) groups is 1. The van der Waals surface area contributed by atoms with E-state index < -0.39 is 24.5 Å². The van der Waals surface area contributed by atoms with Gasteiger partial charge < -0.3 is 9.16 Å². The van der Waals surface area contributed by atoms with Crippen molar-refractivity contribution in [3.05, 3.63) is 54.1 Å². The van der Waals surface area contributed by atoms with Crippen LogP contribution in [0, 0.1) is 18.8 Å². The van der Waals surface area contributed by atoms with Gasteiger partial charge >= 0.3 is 5.97 Å². The first-order valence-electron chi connectivity index (χ1n) is 15.8. The van der Waals surface area contributed by atoms with Crippen LogP contribution in [-0.2, 0) is 28.3 Å². The number of hydrogen-bond donors (Lipinski definition) is 0. The van der Waals surface area contributed by atoms with Gasteiger partial charge in [-0.05, 0) is 94.0 Å². The Morgan fingerprint density at radius 2 is 1.71 bits per heavy atom. The summed E-state index contributed by atoms with van der Waals surface area (Å²) in [5.41, 5.74) is 1.01. The third-order valence-electron chi connectivity index (χ3n) is 8.86. The highest BCUT2D eigenvalue weighted by Crippen LogP contribution is 2.40. The Hall–Kier alpha value is -1.74. The molecule has 42 heavy (non-hydrogen) atoms. The van der Waals surface area contributed by atoms with Crippen LogP contribution in [0.5, 0.6) is 0 Å². The van der Waals surface area contributed by atoms with Gasteiger partial charge in [0.1, 0.15) is 6.10 Å². The number of ether oxygens (including phenoxy) is 1. The number of carbonyl (C=O) groups excluding carboxylic acids is 1. The molecule has 6 nitrogen and oxygen atoms in total. The summed E-state index contributed by atoms with van der Waals surface area (Å²) < 4.78 is 43.6. The van der Waals surface area contributed by atoms with Crippen LogP contribution in [0.3, 0.4) is 0 Å². The second kappa shape index (κ2) is 16.9. The first kappa shape index (κ1) is 36.4. The molecule has 0 spiro atoms. The van der Waals surface area contributed by atoms with E-state index in [0.29, 0.717) is 25.7 Å². The van der Waals surface area contributed by atoms with Gasteiger partial charge in [0, 0.05) is 0 Å². The molecule has 0 radical (unpaired) electrons. The predicted octanol–water partition coefficient (Wildman–Crippen LogP) is 8.91. The molecule has 0 aromatic heterocycles. The second-order valence-electron chi connectivity index (χ2n) is 13.3. The number of benzene rings is 1. The van der Waals surface area contributed by atoms with Crippen LogP contribution in [0.2, 0.25) is 18.1 Å². The van der Waals surface area contributed by atoms with Gasteiger partial charge in [-0.1, -0.05) is 89.0 Å². The summed E-state index contributed by atoms with van der Waals surface area (Å²) in [6.07, 6.45) is 17.3. The molecule has 1 aromatic rings. The van der Waals surface area contributed by atoms with Crippen molar-refractivity contribution < 1.29 is 26.6 Å². The Morgan fingerprint density at radius 3 is 2.33 bits per heavy atom. The first-order valence-corrected chi connectivity index (χ1v) is 20.1. The highest BCUT2D eigenvalue weighted by Gasteiger charge is 2.41. The SMILES string of the molecule is CCCCCCC=C[C@H]1CCC(OS(=O)(=O)c2ccc(C)cc2)[C@@H]1CC=CCCC(O[Si](C)(C)C(C)(C)C)C(=O)OC. The molecule has 0 amide bonds. The fraction of sp³-hybridized carbons (Fsp3) is 0.676. The van der Waals surface area contributed by atoms with Crippen LogP contribution in [-0.4, -0.2) is 42.0 Å². The Labute approximate surface area is 257 Å². The number of hydrogen-bond acceptors (Lipinski definition) is 6. The van der Waals surface area contributed by atoms with Crippen LogP contribution < -0.4 is 0 Å². The van der Waals surface area contributed by atoms with E-state index in [9.17, 15) is 13.2 Å². The lowest BCUT2D eigenvalue weighted by Crippen LogP contribution is -2.46. The molecule has 1 aliphatic rings. The maximum Gasteiger partial charge on any atom is 0.333 e. The largest absolute Gasteiger partial charge is 0.467 e. The number of allylic oxidation sites excluding steroid dienone is 4. The maximum atomic E-state index is 13.1. The predicted molar refractivity (Wildman–Crippen MR) is 174 cm³/mol. The van der Waals surface area contributed by atoms with Crippen molar-refractivity contribution >= 4 is 24.4 Å². The fourth-order valence-electron chi connectivity index (χ4n) is 5.14. The summed E-state index contributed by atoms with van der Waals surface area (Å²) in [5.74, 6) is -0.0000357. The molecular weight excluding hydrogens is 565 g/mol. The fourth-order valence-corrected chi connectivity index (χ4v) is 7.56. The minimum atomic E-state index is -3.85. The van der Waals surface area contributed by atoms with E-state index in [1.54, 1.807) is 24.3 Å². The van der Waals surface area contributed by atoms with Crippen molar-refractivity contribution in [3.63, 3.8) is 0 Å². The molecule has 2 unspecified atom stereocenters. The molecule has 4 atom stereocenters. The molecular formula is C34H56O6SSi. The van der Waals surface area contributed by atoms with Crippen molar-refractivity contribution in [2.75, 3.05) is 7.11 Å². The highest BCUT2D eigenvalue weighted by molar-refractivity contribution is 7.86. The van der Waals surface area contributed by atoms with Crippen molar-refractivity contribution in [2.45, 2.75) is 134 Å². The smallest absolute Gasteiger partial charge is 0.333 e. The van der Waals surface area contributed by atoms with Gasteiger partial charge in [0.15, 0.2) is 8.32 Å². The highest BCUT2D eigenvalue weighted by atomic mass is 32.2. The van der Waals surface area contributed by atoms with Gasteiger partial charge in [0.2, 0.25) is 0 Å². The summed E-state index contributed by atoms with van der Waals surface area (Å²) in [7, 11) is -4.59. The first-order chi connectivity index (χ1) is 19.7. The molecule has 1 aromatic carbocycles. The van der Waals surface area contributed by atoms with Gasteiger partial charge in [-0.3, -0.25) is 4.18 Å². The second-order valence-corrected chi connectivity index (χ2v) is 19.6. The van der Waals surface area contributed by atoms with E-state index in [4.69, 9.17) is 13.3 Å². The number of esters is 1. The monoisotopic (exact) mass is 620 g/mol. The van der Waals surface area contributed by atoms with E-state index in [1.807, 2.05) is 6.92 Å². The molecule has 0 saturated heterocycles. The molecule has 0 bridgehead atoms. The van der Waals surface area contributed by atoms with Crippen LogP contribution in [0.4, 0.5) is 0 Å². The van der Waals surface area contributed by atoms with Crippen LogP contribution in [0.1, 0.15) is 97.5 Å². The molecule has 0 aliphatic heterocycles. The average Bonchev–Trinajstić information content (AvgIpc) is 3.28. The van der Waals surface area contributed by atoms with E-state index >= 15 is 0 Å². The zero-order valence-corrected chi connectivity index (χ0v) is 29.2. The zero-order valence-electron chi connectivity index (χ0n) is 27.4.